The van der Waals surface area contributed by atoms with Crippen LogP contribution < -0.4 is 0 Å². The molecule has 0 aromatic carbocycles. The fourth-order valence-corrected chi connectivity index (χ4v) is 3.19. The Balaban J connectivity index is 1.43. The molecule has 2 fully saturated rings. The van der Waals surface area contributed by atoms with Crippen LogP contribution in [0.1, 0.15) is 43.6 Å². The molecule has 2 aliphatic rings. The van der Waals surface area contributed by atoms with Gasteiger partial charge in [0.2, 0.25) is 11.8 Å². The van der Waals surface area contributed by atoms with Gasteiger partial charge >= 0.3 is 0 Å². The third-order valence-corrected chi connectivity index (χ3v) is 4.68. The van der Waals surface area contributed by atoms with Crippen LogP contribution >= 0.6 is 0 Å². The second kappa shape index (κ2) is 6.90. The van der Waals surface area contributed by atoms with Gasteiger partial charge in [-0.3, -0.25) is 14.6 Å². The van der Waals surface area contributed by atoms with E-state index in [0.717, 1.165) is 38.9 Å². The first-order valence-electron chi connectivity index (χ1n) is 8.19. The fourth-order valence-electron chi connectivity index (χ4n) is 3.19. The molecule has 118 valence electrons. The summed E-state index contributed by atoms with van der Waals surface area (Å²) in [6, 6.07) is 4.03. The molecule has 0 bridgehead atoms. The molecule has 2 amide bonds. The summed E-state index contributed by atoms with van der Waals surface area (Å²) in [4.78, 5) is 31.9. The quantitative estimate of drug-likeness (QED) is 0.852. The van der Waals surface area contributed by atoms with Gasteiger partial charge < -0.3 is 9.80 Å². The van der Waals surface area contributed by atoms with Crippen LogP contribution in [0.2, 0.25) is 0 Å². The van der Waals surface area contributed by atoms with Crippen LogP contribution in [0, 0.1) is 0 Å². The summed E-state index contributed by atoms with van der Waals surface area (Å²) in [5.74, 6) is 0.817. The Kier molecular flexibility index (Phi) is 4.71. The summed E-state index contributed by atoms with van der Waals surface area (Å²) in [5.41, 5.74) is 1.25. The minimum atomic E-state index is 0.169. The van der Waals surface area contributed by atoms with E-state index in [9.17, 15) is 9.59 Å². The van der Waals surface area contributed by atoms with E-state index in [1.807, 2.05) is 21.9 Å². The van der Waals surface area contributed by atoms with Crippen LogP contribution in [0.15, 0.2) is 24.5 Å². The summed E-state index contributed by atoms with van der Waals surface area (Å²) in [6.45, 7) is 2.97. The van der Waals surface area contributed by atoms with Crippen molar-refractivity contribution < 1.29 is 9.59 Å². The van der Waals surface area contributed by atoms with Crippen molar-refractivity contribution in [1.82, 2.24) is 14.8 Å². The lowest BCUT2D eigenvalue weighted by Gasteiger charge is -2.40. The second-order valence-corrected chi connectivity index (χ2v) is 6.22. The van der Waals surface area contributed by atoms with Gasteiger partial charge in [-0.1, -0.05) is 6.42 Å². The van der Waals surface area contributed by atoms with Crippen LogP contribution in [0.5, 0.6) is 0 Å². The van der Waals surface area contributed by atoms with Crippen molar-refractivity contribution in [3.05, 3.63) is 30.1 Å². The molecule has 0 aliphatic carbocycles. The third-order valence-electron chi connectivity index (χ3n) is 4.68. The van der Waals surface area contributed by atoms with Crippen molar-refractivity contribution in [3.63, 3.8) is 0 Å². The Bertz CT molecular complexity index is 526. The van der Waals surface area contributed by atoms with Crippen molar-refractivity contribution >= 4 is 11.8 Å². The molecule has 0 saturated carbocycles. The number of likely N-dealkylation sites (tertiary alicyclic amines) is 2. The number of amides is 2. The van der Waals surface area contributed by atoms with E-state index in [0.29, 0.717) is 25.3 Å². The number of hydrogen-bond donors (Lipinski definition) is 0. The lowest BCUT2D eigenvalue weighted by Crippen LogP contribution is -2.49. The number of carbonyl (C=O) groups excluding carboxylic acids is 2. The molecule has 22 heavy (non-hydrogen) atoms. The molecular weight excluding hydrogens is 278 g/mol. The Labute approximate surface area is 131 Å². The molecule has 2 saturated heterocycles. The topological polar surface area (TPSA) is 53.5 Å². The van der Waals surface area contributed by atoms with E-state index < -0.39 is 0 Å². The monoisotopic (exact) mass is 301 g/mol. The summed E-state index contributed by atoms with van der Waals surface area (Å²) < 4.78 is 0. The lowest BCUT2D eigenvalue weighted by molar-refractivity contribution is -0.137. The Morgan fingerprint density at radius 3 is 2.73 bits per heavy atom. The van der Waals surface area contributed by atoms with Crippen molar-refractivity contribution in [1.29, 1.82) is 0 Å². The van der Waals surface area contributed by atoms with Crippen LogP contribution in [0.4, 0.5) is 0 Å². The number of pyridine rings is 1. The van der Waals surface area contributed by atoms with Crippen molar-refractivity contribution in [2.24, 2.45) is 0 Å². The summed E-state index contributed by atoms with van der Waals surface area (Å²) in [5, 5.41) is 0. The Hall–Kier alpha value is -1.91. The largest absolute Gasteiger partial charge is 0.342 e. The van der Waals surface area contributed by atoms with Gasteiger partial charge in [-0.25, -0.2) is 0 Å². The van der Waals surface area contributed by atoms with Gasteiger partial charge in [0.1, 0.15) is 0 Å². The number of rotatable bonds is 4. The number of carbonyl (C=O) groups is 2. The van der Waals surface area contributed by atoms with Crippen molar-refractivity contribution in [2.45, 2.75) is 38.0 Å². The van der Waals surface area contributed by atoms with Crippen LogP contribution in [-0.2, 0) is 9.59 Å². The van der Waals surface area contributed by atoms with E-state index in [1.165, 1.54) is 5.56 Å². The van der Waals surface area contributed by atoms with Gasteiger partial charge in [-0.15, -0.1) is 0 Å². The smallest absolute Gasteiger partial charge is 0.224 e. The molecule has 0 spiro atoms. The van der Waals surface area contributed by atoms with Crippen LogP contribution in [0.3, 0.4) is 0 Å². The molecule has 3 heterocycles. The van der Waals surface area contributed by atoms with Gasteiger partial charge in [0.05, 0.1) is 0 Å². The molecule has 0 atom stereocenters. The molecule has 0 N–H and O–H groups in total. The highest BCUT2D eigenvalue weighted by molar-refractivity contribution is 5.80. The number of hydrogen-bond acceptors (Lipinski definition) is 3. The molecule has 3 rings (SSSR count). The number of aromatic nitrogens is 1. The van der Waals surface area contributed by atoms with Crippen molar-refractivity contribution in [3.8, 4) is 0 Å². The summed E-state index contributed by atoms with van der Waals surface area (Å²) in [7, 11) is 0. The SMILES string of the molecule is O=C1CCCCCN1CCC(=O)N1CC(c2ccncc2)C1. The Morgan fingerprint density at radius 2 is 1.95 bits per heavy atom. The Morgan fingerprint density at radius 1 is 1.18 bits per heavy atom. The zero-order chi connectivity index (χ0) is 15.4. The van der Waals surface area contributed by atoms with E-state index >= 15 is 0 Å². The van der Waals surface area contributed by atoms with Gasteiger partial charge in [-0.2, -0.15) is 0 Å². The molecule has 1 aromatic heterocycles. The zero-order valence-corrected chi connectivity index (χ0v) is 12.9. The van der Waals surface area contributed by atoms with Crippen molar-refractivity contribution in [2.75, 3.05) is 26.2 Å². The minimum absolute atomic E-state index is 0.169. The fraction of sp³-hybridized carbons (Fsp3) is 0.588. The maximum absolute atomic E-state index is 12.2. The standard InChI is InChI=1S/C17H23N3O2/c21-16-4-2-1-3-10-19(16)11-7-17(22)20-12-15(13-20)14-5-8-18-9-6-14/h5-6,8-9,15H,1-4,7,10-13H2. The third kappa shape index (κ3) is 3.46. The predicted octanol–water partition coefficient (Wildman–Crippen LogP) is 1.80. The molecule has 5 heteroatoms. The first-order chi connectivity index (χ1) is 10.7. The summed E-state index contributed by atoms with van der Waals surface area (Å²) in [6.07, 6.45) is 7.86. The number of nitrogens with zero attached hydrogens (tertiary/aromatic N) is 3. The van der Waals surface area contributed by atoms with Crippen LogP contribution in [-0.4, -0.2) is 52.8 Å². The molecule has 0 radical (unpaired) electrons. The predicted molar refractivity (Wildman–Crippen MR) is 83.2 cm³/mol. The van der Waals surface area contributed by atoms with Gasteiger partial charge in [0.15, 0.2) is 0 Å². The molecular formula is C17H23N3O2. The van der Waals surface area contributed by atoms with E-state index in [4.69, 9.17) is 0 Å². The molecule has 0 unspecified atom stereocenters. The van der Waals surface area contributed by atoms with Gasteiger partial charge in [0, 0.05) is 57.3 Å². The maximum Gasteiger partial charge on any atom is 0.224 e. The first-order valence-corrected chi connectivity index (χ1v) is 8.19. The highest BCUT2D eigenvalue weighted by Crippen LogP contribution is 2.27. The van der Waals surface area contributed by atoms with E-state index in [2.05, 4.69) is 4.98 Å². The second-order valence-electron chi connectivity index (χ2n) is 6.22. The zero-order valence-electron chi connectivity index (χ0n) is 12.9. The van der Waals surface area contributed by atoms with Gasteiger partial charge in [-0.05, 0) is 30.5 Å². The first kappa shape index (κ1) is 15.0. The van der Waals surface area contributed by atoms with E-state index in [1.54, 1.807) is 12.4 Å². The average Bonchev–Trinajstić information content (AvgIpc) is 2.69. The average molecular weight is 301 g/mol. The van der Waals surface area contributed by atoms with Gasteiger partial charge in [0.25, 0.3) is 0 Å². The maximum atomic E-state index is 12.2. The summed E-state index contributed by atoms with van der Waals surface area (Å²) >= 11 is 0. The molecule has 5 nitrogen and oxygen atoms in total. The van der Waals surface area contributed by atoms with E-state index in [-0.39, 0.29) is 11.8 Å². The highest BCUT2D eigenvalue weighted by Gasteiger charge is 2.31. The molecule has 1 aromatic rings. The molecule has 2 aliphatic heterocycles. The highest BCUT2D eigenvalue weighted by atomic mass is 16.2. The normalized spacial score (nSPS) is 19.7. The lowest BCUT2D eigenvalue weighted by atomic mass is 9.92. The minimum Gasteiger partial charge on any atom is -0.342 e. The van der Waals surface area contributed by atoms with Crippen LogP contribution in [0.25, 0.3) is 0 Å².